The normalized spacial score (nSPS) is 27.5. The second-order valence-electron chi connectivity index (χ2n) is 4.24. The number of rotatable bonds is 4. The summed E-state index contributed by atoms with van der Waals surface area (Å²) in [5, 5.41) is 3.42. The molecule has 1 heterocycles. The molecule has 1 rings (SSSR count). The van der Waals surface area contributed by atoms with E-state index >= 15 is 0 Å². The fraction of sp³-hybridized carbons (Fsp3) is 1.00. The fourth-order valence-corrected chi connectivity index (χ4v) is 2.25. The molecule has 0 radical (unpaired) electrons. The molecule has 1 fully saturated rings. The molecule has 1 saturated heterocycles. The maximum absolute atomic E-state index is 3.42. The van der Waals surface area contributed by atoms with Gasteiger partial charge in [0, 0.05) is 18.6 Å². The van der Waals surface area contributed by atoms with Gasteiger partial charge in [-0.1, -0.05) is 13.3 Å². The lowest BCUT2D eigenvalue weighted by Gasteiger charge is -2.38. The molecule has 0 saturated carbocycles. The Bertz CT molecular complexity index is 136. The highest BCUT2D eigenvalue weighted by Crippen LogP contribution is 2.18. The average Bonchev–Trinajstić information content (AvgIpc) is 2.15. The minimum absolute atomic E-state index is 0.704. The number of nitrogens with one attached hydrogen (secondary N) is 1. The third kappa shape index (κ3) is 3.28. The summed E-state index contributed by atoms with van der Waals surface area (Å²) in [6.45, 7) is 10.4. The molecule has 0 aromatic carbocycles. The summed E-state index contributed by atoms with van der Waals surface area (Å²) < 4.78 is 0. The fourth-order valence-electron chi connectivity index (χ4n) is 2.25. The summed E-state index contributed by atoms with van der Waals surface area (Å²) in [6, 6.07) is 1.50. The number of likely N-dealkylation sites (tertiary alicyclic amines) is 1. The van der Waals surface area contributed by atoms with Gasteiger partial charge in [-0.3, -0.25) is 4.90 Å². The van der Waals surface area contributed by atoms with Gasteiger partial charge in [-0.05, 0) is 39.8 Å². The van der Waals surface area contributed by atoms with Gasteiger partial charge < -0.3 is 5.32 Å². The smallest absolute Gasteiger partial charge is 0.0195 e. The Morgan fingerprint density at radius 1 is 1.46 bits per heavy atom. The quantitative estimate of drug-likeness (QED) is 0.717. The van der Waals surface area contributed by atoms with Crippen molar-refractivity contribution in [2.45, 2.75) is 52.1 Å². The highest BCUT2D eigenvalue weighted by atomic mass is 15.2. The van der Waals surface area contributed by atoms with Crippen LogP contribution in [0.1, 0.15) is 40.0 Å². The molecule has 0 amide bonds. The Morgan fingerprint density at radius 2 is 2.23 bits per heavy atom. The Balaban J connectivity index is 2.30. The molecular weight excluding hydrogens is 160 g/mol. The van der Waals surface area contributed by atoms with Crippen molar-refractivity contribution in [2.75, 3.05) is 19.6 Å². The number of hydrogen-bond acceptors (Lipinski definition) is 2. The van der Waals surface area contributed by atoms with E-state index in [2.05, 4.69) is 31.0 Å². The number of likely N-dealkylation sites (N-methyl/N-ethyl adjacent to an activating group) is 1. The molecule has 0 aliphatic carbocycles. The van der Waals surface area contributed by atoms with E-state index in [1.807, 2.05) is 0 Å². The van der Waals surface area contributed by atoms with Crippen LogP contribution in [-0.4, -0.2) is 36.6 Å². The molecule has 13 heavy (non-hydrogen) atoms. The lowest BCUT2D eigenvalue weighted by molar-refractivity contribution is 0.113. The minimum atomic E-state index is 0.704. The largest absolute Gasteiger partial charge is 0.315 e. The monoisotopic (exact) mass is 184 g/mol. The SMILES string of the molecule is CCNCC(C)N1CCCCC1C. The van der Waals surface area contributed by atoms with E-state index in [9.17, 15) is 0 Å². The van der Waals surface area contributed by atoms with Gasteiger partial charge in [0.15, 0.2) is 0 Å². The first-order valence-electron chi connectivity index (χ1n) is 5.72. The molecule has 0 spiro atoms. The van der Waals surface area contributed by atoms with Crippen LogP contribution in [0.25, 0.3) is 0 Å². The highest BCUT2D eigenvalue weighted by Gasteiger charge is 2.22. The molecule has 0 aromatic rings. The van der Waals surface area contributed by atoms with Crippen LogP contribution in [0.2, 0.25) is 0 Å². The van der Waals surface area contributed by atoms with Crippen molar-refractivity contribution in [1.29, 1.82) is 0 Å². The third-order valence-electron chi connectivity index (χ3n) is 3.11. The van der Waals surface area contributed by atoms with Gasteiger partial charge in [0.25, 0.3) is 0 Å². The van der Waals surface area contributed by atoms with Gasteiger partial charge in [0.05, 0.1) is 0 Å². The Labute approximate surface area is 82.7 Å². The van der Waals surface area contributed by atoms with Crippen LogP contribution in [0, 0.1) is 0 Å². The van der Waals surface area contributed by atoms with Crippen molar-refractivity contribution in [1.82, 2.24) is 10.2 Å². The maximum Gasteiger partial charge on any atom is 0.0195 e. The molecule has 0 aromatic heterocycles. The summed E-state index contributed by atoms with van der Waals surface area (Å²) in [5.74, 6) is 0. The van der Waals surface area contributed by atoms with E-state index in [4.69, 9.17) is 0 Å². The zero-order valence-corrected chi connectivity index (χ0v) is 9.34. The maximum atomic E-state index is 3.42. The summed E-state index contributed by atoms with van der Waals surface area (Å²) in [5.41, 5.74) is 0. The topological polar surface area (TPSA) is 15.3 Å². The van der Waals surface area contributed by atoms with Crippen molar-refractivity contribution in [2.24, 2.45) is 0 Å². The van der Waals surface area contributed by atoms with Crippen LogP contribution in [-0.2, 0) is 0 Å². The van der Waals surface area contributed by atoms with E-state index in [1.165, 1.54) is 25.8 Å². The van der Waals surface area contributed by atoms with Gasteiger partial charge in [-0.15, -0.1) is 0 Å². The molecule has 2 unspecified atom stereocenters. The van der Waals surface area contributed by atoms with Crippen LogP contribution in [0.3, 0.4) is 0 Å². The summed E-state index contributed by atoms with van der Waals surface area (Å²) in [4.78, 5) is 2.64. The second-order valence-corrected chi connectivity index (χ2v) is 4.24. The first-order valence-corrected chi connectivity index (χ1v) is 5.72. The van der Waals surface area contributed by atoms with Crippen molar-refractivity contribution in [3.63, 3.8) is 0 Å². The van der Waals surface area contributed by atoms with Gasteiger partial charge in [-0.2, -0.15) is 0 Å². The zero-order chi connectivity index (χ0) is 9.68. The molecule has 78 valence electrons. The first-order chi connectivity index (χ1) is 6.25. The van der Waals surface area contributed by atoms with Crippen LogP contribution in [0.15, 0.2) is 0 Å². The standard InChI is InChI=1S/C11H24N2/c1-4-12-9-11(3)13-8-6-5-7-10(13)2/h10-12H,4-9H2,1-3H3. The van der Waals surface area contributed by atoms with Gasteiger partial charge in [0.1, 0.15) is 0 Å². The van der Waals surface area contributed by atoms with Gasteiger partial charge in [0.2, 0.25) is 0 Å². The van der Waals surface area contributed by atoms with Gasteiger partial charge in [-0.25, -0.2) is 0 Å². The first kappa shape index (κ1) is 11.0. The van der Waals surface area contributed by atoms with Crippen LogP contribution < -0.4 is 5.32 Å². The number of hydrogen-bond donors (Lipinski definition) is 1. The zero-order valence-electron chi connectivity index (χ0n) is 9.34. The van der Waals surface area contributed by atoms with Crippen molar-refractivity contribution >= 4 is 0 Å². The number of nitrogens with zero attached hydrogens (tertiary/aromatic N) is 1. The lowest BCUT2D eigenvalue weighted by atomic mass is 10.0. The van der Waals surface area contributed by atoms with Crippen molar-refractivity contribution < 1.29 is 0 Å². The molecule has 2 atom stereocenters. The molecule has 0 bridgehead atoms. The minimum Gasteiger partial charge on any atom is -0.315 e. The number of piperidine rings is 1. The van der Waals surface area contributed by atoms with Crippen LogP contribution in [0.4, 0.5) is 0 Å². The predicted octanol–water partition coefficient (Wildman–Crippen LogP) is 1.86. The van der Waals surface area contributed by atoms with E-state index in [-0.39, 0.29) is 0 Å². The third-order valence-corrected chi connectivity index (χ3v) is 3.11. The molecule has 1 aliphatic rings. The van der Waals surface area contributed by atoms with Crippen LogP contribution >= 0.6 is 0 Å². The average molecular weight is 184 g/mol. The van der Waals surface area contributed by atoms with E-state index in [0.29, 0.717) is 6.04 Å². The summed E-state index contributed by atoms with van der Waals surface area (Å²) in [7, 11) is 0. The van der Waals surface area contributed by atoms with Crippen LogP contribution in [0.5, 0.6) is 0 Å². The highest BCUT2D eigenvalue weighted by molar-refractivity contribution is 4.78. The Hall–Kier alpha value is -0.0800. The van der Waals surface area contributed by atoms with E-state index < -0.39 is 0 Å². The van der Waals surface area contributed by atoms with E-state index in [1.54, 1.807) is 0 Å². The molecular formula is C11H24N2. The molecule has 2 heteroatoms. The lowest BCUT2D eigenvalue weighted by Crippen LogP contribution is -2.47. The Morgan fingerprint density at radius 3 is 2.85 bits per heavy atom. The summed E-state index contributed by atoms with van der Waals surface area (Å²) in [6.07, 6.45) is 4.20. The van der Waals surface area contributed by atoms with Crippen molar-refractivity contribution in [3.05, 3.63) is 0 Å². The van der Waals surface area contributed by atoms with E-state index in [0.717, 1.165) is 19.1 Å². The van der Waals surface area contributed by atoms with Crippen molar-refractivity contribution in [3.8, 4) is 0 Å². The predicted molar refractivity (Wildman–Crippen MR) is 58.0 cm³/mol. The summed E-state index contributed by atoms with van der Waals surface area (Å²) >= 11 is 0. The molecule has 2 nitrogen and oxygen atoms in total. The molecule has 1 N–H and O–H groups in total. The molecule has 1 aliphatic heterocycles. The second kappa shape index (κ2) is 5.61. The Kier molecular flexibility index (Phi) is 4.74. The van der Waals surface area contributed by atoms with Gasteiger partial charge >= 0.3 is 0 Å².